The molecular formula is C18H18BrN3O2. The number of carbonyl (C=O) groups excluding carboxylic acids is 1. The van der Waals surface area contributed by atoms with Crippen molar-refractivity contribution in [2.24, 2.45) is 0 Å². The summed E-state index contributed by atoms with van der Waals surface area (Å²) in [6, 6.07) is 9.45. The van der Waals surface area contributed by atoms with Crippen LogP contribution in [0.4, 0.5) is 4.79 Å². The first-order valence-electron chi connectivity index (χ1n) is 7.81. The predicted molar refractivity (Wildman–Crippen MR) is 95.7 cm³/mol. The highest BCUT2D eigenvalue weighted by molar-refractivity contribution is 9.10. The lowest BCUT2D eigenvalue weighted by molar-refractivity contribution is 0.147. The van der Waals surface area contributed by atoms with Crippen LogP contribution in [-0.2, 0) is 0 Å². The smallest absolute Gasteiger partial charge is 0.391 e. The van der Waals surface area contributed by atoms with E-state index in [1.807, 2.05) is 25.1 Å². The Labute approximate surface area is 149 Å². The van der Waals surface area contributed by atoms with E-state index in [4.69, 9.17) is 4.74 Å². The lowest BCUT2D eigenvalue weighted by Gasteiger charge is -2.27. The van der Waals surface area contributed by atoms with Crippen LogP contribution in [0.25, 0.3) is 6.08 Å². The van der Waals surface area contributed by atoms with Crippen LogP contribution in [0.5, 0.6) is 5.88 Å². The molecule has 0 aliphatic carbocycles. The van der Waals surface area contributed by atoms with E-state index in [1.54, 1.807) is 23.2 Å². The molecule has 0 radical (unpaired) electrons. The monoisotopic (exact) mass is 387 g/mol. The Morgan fingerprint density at radius 1 is 1.25 bits per heavy atom. The molecule has 1 amide bonds. The second-order valence-corrected chi connectivity index (χ2v) is 6.59. The molecule has 1 saturated heterocycles. The molecule has 0 bridgehead atoms. The van der Waals surface area contributed by atoms with Gasteiger partial charge in [0.25, 0.3) is 0 Å². The number of carbonyl (C=O) groups is 1. The average Bonchev–Trinajstić information content (AvgIpc) is 2.57. The third kappa shape index (κ3) is 4.41. The fraction of sp³-hybridized carbons (Fsp3) is 0.278. The van der Waals surface area contributed by atoms with Crippen LogP contribution >= 0.6 is 15.9 Å². The Bertz CT molecular complexity index is 749. The molecule has 1 fully saturated rings. The van der Waals surface area contributed by atoms with Crippen LogP contribution < -0.4 is 4.74 Å². The summed E-state index contributed by atoms with van der Waals surface area (Å²) in [7, 11) is 0. The van der Waals surface area contributed by atoms with E-state index in [2.05, 4.69) is 32.0 Å². The van der Waals surface area contributed by atoms with Crippen LogP contribution in [0.3, 0.4) is 0 Å². The van der Waals surface area contributed by atoms with Gasteiger partial charge >= 0.3 is 6.09 Å². The summed E-state index contributed by atoms with van der Waals surface area (Å²) in [5.74, 6) is 0.313. The van der Waals surface area contributed by atoms with Gasteiger partial charge in [-0.15, -0.1) is 0 Å². The van der Waals surface area contributed by atoms with Crippen LogP contribution in [0.1, 0.15) is 24.2 Å². The van der Waals surface area contributed by atoms with E-state index in [9.17, 15) is 4.79 Å². The molecule has 2 aromatic heterocycles. The standard InChI is InChI=1S/C18H18BrN3O2/c1-13-3-2-4-16(21-13)11-14-7-9-22(10-8-14)18(23)24-17-6-5-15(19)12-20-17/h2-6,11-12H,7-10H2,1H3. The summed E-state index contributed by atoms with van der Waals surface area (Å²) in [4.78, 5) is 22.4. The van der Waals surface area contributed by atoms with Crippen molar-refractivity contribution in [3.63, 3.8) is 0 Å². The minimum absolute atomic E-state index is 0.313. The number of piperidine rings is 1. The molecule has 0 aromatic carbocycles. The van der Waals surface area contributed by atoms with Gasteiger partial charge in [-0.25, -0.2) is 9.78 Å². The number of likely N-dealkylation sites (tertiary alicyclic amines) is 1. The zero-order chi connectivity index (χ0) is 16.9. The number of amides is 1. The van der Waals surface area contributed by atoms with Crippen molar-refractivity contribution in [3.8, 4) is 5.88 Å². The molecule has 0 spiro atoms. The third-order valence-corrected chi connectivity index (χ3v) is 4.29. The van der Waals surface area contributed by atoms with Gasteiger partial charge in [-0.3, -0.25) is 4.98 Å². The molecule has 24 heavy (non-hydrogen) atoms. The zero-order valence-electron chi connectivity index (χ0n) is 13.4. The molecule has 3 heterocycles. The molecule has 0 unspecified atom stereocenters. The second kappa shape index (κ2) is 7.57. The molecule has 1 aliphatic rings. The van der Waals surface area contributed by atoms with Crippen molar-refractivity contribution < 1.29 is 9.53 Å². The zero-order valence-corrected chi connectivity index (χ0v) is 15.0. The number of aryl methyl sites for hydroxylation is 1. The molecule has 0 atom stereocenters. The maximum absolute atomic E-state index is 12.2. The highest BCUT2D eigenvalue weighted by Crippen LogP contribution is 2.20. The van der Waals surface area contributed by atoms with E-state index in [1.165, 1.54) is 5.57 Å². The highest BCUT2D eigenvalue weighted by Gasteiger charge is 2.21. The first-order chi connectivity index (χ1) is 11.6. The molecule has 2 aromatic rings. The number of hydrogen-bond acceptors (Lipinski definition) is 4. The average molecular weight is 388 g/mol. The number of pyridine rings is 2. The largest absolute Gasteiger partial charge is 0.416 e. The minimum atomic E-state index is -0.349. The van der Waals surface area contributed by atoms with Gasteiger partial charge in [0.05, 0.1) is 5.69 Å². The summed E-state index contributed by atoms with van der Waals surface area (Å²) in [6.07, 6.45) is 5.04. The Morgan fingerprint density at radius 2 is 2.04 bits per heavy atom. The Balaban J connectivity index is 1.56. The maximum atomic E-state index is 12.2. The fourth-order valence-corrected chi connectivity index (χ4v) is 2.79. The first-order valence-corrected chi connectivity index (χ1v) is 8.61. The summed E-state index contributed by atoms with van der Waals surface area (Å²) >= 11 is 3.30. The maximum Gasteiger partial charge on any atom is 0.416 e. The van der Waals surface area contributed by atoms with Crippen LogP contribution in [0.15, 0.2) is 46.6 Å². The summed E-state index contributed by atoms with van der Waals surface area (Å²) < 4.78 is 6.15. The van der Waals surface area contributed by atoms with Crippen LogP contribution in [0, 0.1) is 6.92 Å². The molecule has 3 rings (SSSR count). The second-order valence-electron chi connectivity index (χ2n) is 5.68. The van der Waals surface area contributed by atoms with Gasteiger partial charge in [-0.05, 0) is 60.0 Å². The Morgan fingerprint density at radius 3 is 2.71 bits per heavy atom. The highest BCUT2D eigenvalue weighted by atomic mass is 79.9. The van der Waals surface area contributed by atoms with E-state index in [0.717, 1.165) is 28.7 Å². The molecule has 5 nitrogen and oxygen atoms in total. The van der Waals surface area contributed by atoms with Crippen molar-refractivity contribution in [1.29, 1.82) is 0 Å². The first kappa shape index (κ1) is 16.6. The molecule has 6 heteroatoms. The minimum Gasteiger partial charge on any atom is -0.391 e. The van der Waals surface area contributed by atoms with E-state index < -0.39 is 0 Å². The Hall–Kier alpha value is -2.21. The van der Waals surface area contributed by atoms with Gasteiger partial charge < -0.3 is 9.64 Å². The SMILES string of the molecule is Cc1cccc(C=C2CCN(C(=O)Oc3ccc(Br)cn3)CC2)n1. The molecule has 0 N–H and O–H groups in total. The summed E-state index contributed by atoms with van der Waals surface area (Å²) in [5, 5.41) is 0. The van der Waals surface area contributed by atoms with Crippen molar-refractivity contribution in [2.45, 2.75) is 19.8 Å². The molecule has 0 saturated carbocycles. The van der Waals surface area contributed by atoms with Gasteiger partial charge in [0.15, 0.2) is 0 Å². The van der Waals surface area contributed by atoms with Crippen LogP contribution in [0.2, 0.25) is 0 Å². The van der Waals surface area contributed by atoms with Gasteiger partial charge in [-0.1, -0.05) is 11.6 Å². The van der Waals surface area contributed by atoms with Gasteiger partial charge in [-0.2, -0.15) is 0 Å². The van der Waals surface area contributed by atoms with Crippen LogP contribution in [-0.4, -0.2) is 34.1 Å². The van der Waals surface area contributed by atoms with Gasteiger partial charge in [0, 0.05) is 35.5 Å². The Kier molecular flexibility index (Phi) is 5.25. The van der Waals surface area contributed by atoms with Crippen molar-refractivity contribution in [2.75, 3.05) is 13.1 Å². The molecule has 124 valence electrons. The van der Waals surface area contributed by atoms with Gasteiger partial charge in [0.1, 0.15) is 0 Å². The van der Waals surface area contributed by atoms with Gasteiger partial charge in [0.2, 0.25) is 5.88 Å². The topological polar surface area (TPSA) is 55.3 Å². The lowest BCUT2D eigenvalue weighted by Crippen LogP contribution is -2.38. The van der Waals surface area contributed by atoms with E-state index >= 15 is 0 Å². The summed E-state index contributed by atoms with van der Waals surface area (Å²) in [5.41, 5.74) is 3.28. The number of halogens is 1. The lowest BCUT2D eigenvalue weighted by atomic mass is 10.0. The van der Waals surface area contributed by atoms with Crippen molar-refractivity contribution in [3.05, 3.63) is 58.0 Å². The quantitative estimate of drug-likeness (QED) is 0.773. The normalized spacial score (nSPS) is 14.4. The molecule has 1 aliphatic heterocycles. The number of rotatable bonds is 2. The summed E-state index contributed by atoms with van der Waals surface area (Å²) in [6.45, 7) is 3.27. The van der Waals surface area contributed by atoms with E-state index in [0.29, 0.717) is 19.0 Å². The number of hydrogen-bond donors (Lipinski definition) is 0. The molecular weight excluding hydrogens is 370 g/mol. The van der Waals surface area contributed by atoms with Crippen molar-refractivity contribution in [1.82, 2.24) is 14.9 Å². The van der Waals surface area contributed by atoms with Crippen molar-refractivity contribution >= 4 is 28.1 Å². The third-order valence-electron chi connectivity index (χ3n) is 3.82. The predicted octanol–water partition coefficient (Wildman–Crippen LogP) is 4.23. The number of nitrogens with zero attached hydrogens (tertiary/aromatic N) is 3. The van der Waals surface area contributed by atoms with E-state index in [-0.39, 0.29) is 6.09 Å². The number of aromatic nitrogens is 2. The fourth-order valence-electron chi connectivity index (χ4n) is 2.55. The number of ether oxygens (including phenoxy) is 1.